The molecule has 0 aliphatic heterocycles. The monoisotopic (exact) mass is 209 g/mol. The molecule has 0 saturated carbocycles. The Morgan fingerprint density at radius 1 is 1.36 bits per heavy atom. The lowest BCUT2D eigenvalue weighted by molar-refractivity contribution is 0.597. The van der Waals surface area contributed by atoms with Gasteiger partial charge < -0.3 is 5.73 Å². The molecule has 72 valence electrons. The summed E-state index contributed by atoms with van der Waals surface area (Å²) in [5.41, 5.74) is 6.87. The van der Waals surface area contributed by atoms with Gasteiger partial charge in [0.05, 0.1) is 11.7 Å². The van der Waals surface area contributed by atoms with Crippen LogP contribution in [0.5, 0.6) is 0 Å². The van der Waals surface area contributed by atoms with E-state index in [2.05, 4.69) is 9.59 Å². The maximum atomic E-state index is 13.3. The van der Waals surface area contributed by atoms with Gasteiger partial charge >= 0.3 is 0 Å². The fourth-order valence-electron chi connectivity index (χ4n) is 1.19. The molecular formula is C9H8FN3S. The summed E-state index contributed by atoms with van der Waals surface area (Å²) in [5.74, 6) is -0.312. The van der Waals surface area contributed by atoms with Gasteiger partial charge in [0, 0.05) is 10.9 Å². The Morgan fingerprint density at radius 2 is 2.14 bits per heavy atom. The van der Waals surface area contributed by atoms with E-state index < -0.39 is 6.04 Å². The van der Waals surface area contributed by atoms with Crippen LogP contribution in [0, 0.1) is 5.82 Å². The average Bonchev–Trinajstić information content (AvgIpc) is 2.70. The maximum Gasteiger partial charge on any atom is 0.128 e. The zero-order valence-corrected chi connectivity index (χ0v) is 8.04. The summed E-state index contributed by atoms with van der Waals surface area (Å²) in [6, 6.07) is 5.88. The summed E-state index contributed by atoms with van der Waals surface area (Å²) < 4.78 is 17.0. The second kappa shape index (κ2) is 3.81. The van der Waals surface area contributed by atoms with Crippen molar-refractivity contribution >= 4 is 11.5 Å². The molecule has 14 heavy (non-hydrogen) atoms. The molecule has 0 aliphatic carbocycles. The van der Waals surface area contributed by atoms with Gasteiger partial charge in [-0.25, -0.2) is 4.39 Å². The number of halogens is 1. The van der Waals surface area contributed by atoms with Crippen molar-refractivity contribution in [1.82, 2.24) is 9.59 Å². The lowest BCUT2D eigenvalue weighted by Crippen LogP contribution is -2.13. The Bertz CT molecular complexity index is 416. The molecule has 2 aromatic rings. The minimum Gasteiger partial charge on any atom is -0.319 e. The third-order valence-corrected chi connectivity index (χ3v) is 2.46. The Kier molecular flexibility index (Phi) is 2.51. The molecule has 0 aliphatic rings. The summed E-state index contributed by atoms with van der Waals surface area (Å²) in [6.07, 6.45) is 0. The van der Waals surface area contributed by atoms with Gasteiger partial charge in [0.2, 0.25) is 0 Å². The van der Waals surface area contributed by atoms with Crippen molar-refractivity contribution in [2.24, 2.45) is 5.73 Å². The molecule has 1 heterocycles. The van der Waals surface area contributed by atoms with Crippen molar-refractivity contribution in [3.63, 3.8) is 0 Å². The van der Waals surface area contributed by atoms with Gasteiger partial charge in [-0.15, -0.1) is 5.10 Å². The number of benzene rings is 1. The average molecular weight is 209 g/mol. The van der Waals surface area contributed by atoms with Gasteiger partial charge in [-0.1, -0.05) is 22.7 Å². The Labute approximate surface area is 84.5 Å². The van der Waals surface area contributed by atoms with Crippen LogP contribution in [0.15, 0.2) is 29.6 Å². The van der Waals surface area contributed by atoms with Crippen molar-refractivity contribution in [3.8, 4) is 0 Å². The van der Waals surface area contributed by atoms with E-state index in [1.54, 1.807) is 23.6 Å². The predicted molar refractivity (Wildman–Crippen MR) is 52.3 cm³/mol. The van der Waals surface area contributed by atoms with Crippen LogP contribution in [0.4, 0.5) is 4.39 Å². The van der Waals surface area contributed by atoms with Crippen LogP contribution in [-0.2, 0) is 0 Å². The van der Waals surface area contributed by atoms with E-state index in [0.717, 1.165) is 0 Å². The first-order valence-electron chi connectivity index (χ1n) is 4.06. The van der Waals surface area contributed by atoms with E-state index in [1.807, 2.05) is 0 Å². The number of hydrogen-bond donors (Lipinski definition) is 1. The first-order valence-corrected chi connectivity index (χ1v) is 4.89. The maximum absolute atomic E-state index is 13.3. The smallest absolute Gasteiger partial charge is 0.128 e. The highest BCUT2D eigenvalue weighted by Crippen LogP contribution is 2.20. The number of hydrogen-bond acceptors (Lipinski definition) is 4. The van der Waals surface area contributed by atoms with Gasteiger partial charge in [0.1, 0.15) is 5.82 Å². The van der Waals surface area contributed by atoms with Crippen molar-refractivity contribution < 1.29 is 4.39 Å². The van der Waals surface area contributed by atoms with Crippen molar-refractivity contribution in [3.05, 3.63) is 46.7 Å². The first kappa shape index (κ1) is 9.23. The molecule has 2 rings (SSSR count). The lowest BCUT2D eigenvalue weighted by atomic mass is 10.1. The Morgan fingerprint density at radius 3 is 2.79 bits per heavy atom. The first-order chi connectivity index (χ1) is 6.79. The van der Waals surface area contributed by atoms with E-state index in [-0.39, 0.29) is 5.82 Å². The fourth-order valence-corrected chi connectivity index (χ4v) is 1.68. The van der Waals surface area contributed by atoms with Crippen LogP contribution in [0.25, 0.3) is 0 Å². The molecule has 1 aromatic carbocycles. The molecular weight excluding hydrogens is 201 g/mol. The highest BCUT2D eigenvalue weighted by atomic mass is 32.1. The van der Waals surface area contributed by atoms with E-state index in [4.69, 9.17) is 5.73 Å². The molecule has 1 atom stereocenters. The third kappa shape index (κ3) is 1.64. The Hall–Kier alpha value is -1.33. The van der Waals surface area contributed by atoms with Gasteiger partial charge in [-0.3, -0.25) is 0 Å². The molecule has 1 unspecified atom stereocenters. The molecule has 0 saturated heterocycles. The van der Waals surface area contributed by atoms with E-state index in [9.17, 15) is 4.39 Å². The van der Waals surface area contributed by atoms with Gasteiger partial charge in [0.25, 0.3) is 0 Å². The lowest BCUT2D eigenvalue weighted by Gasteiger charge is -2.08. The van der Waals surface area contributed by atoms with Crippen LogP contribution in [0.3, 0.4) is 0 Å². The van der Waals surface area contributed by atoms with E-state index >= 15 is 0 Å². The molecule has 0 radical (unpaired) electrons. The minimum atomic E-state index is -0.532. The molecule has 0 spiro atoms. The van der Waals surface area contributed by atoms with Gasteiger partial charge in [0.15, 0.2) is 0 Å². The van der Waals surface area contributed by atoms with Crippen molar-refractivity contribution in [2.45, 2.75) is 6.04 Å². The van der Waals surface area contributed by atoms with E-state index in [0.29, 0.717) is 11.3 Å². The predicted octanol–water partition coefficient (Wildman–Crippen LogP) is 1.73. The molecule has 0 fully saturated rings. The fraction of sp³-hybridized carbons (Fsp3) is 0.111. The molecule has 3 nitrogen and oxygen atoms in total. The van der Waals surface area contributed by atoms with Crippen LogP contribution < -0.4 is 5.73 Å². The van der Waals surface area contributed by atoms with E-state index in [1.165, 1.54) is 17.6 Å². The summed E-state index contributed by atoms with van der Waals surface area (Å²) in [6.45, 7) is 0. The van der Waals surface area contributed by atoms with Crippen LogP contribution in [0.1, 0.15) is 17.3 Å². The van der Waals surface area contributed by atoms with Gasteiger partial charge in [-0.2, -0.15) is 0 Å². The van der Waals surface area contributed by atoms with Crippen molar-refractivity contribution in [1.29, 1.82) is 0 Å². The van der Waals surface area contributed by atoms with Crippen LogP contribution in [0.2, 0.25) is 0 Å². The largest absolute Gasteiger partial charge is 0.319 e. The van der Waals surface area contributed by atoms with Gasteiger partial charge in [-0.05, 0) is 17.6 Å². The molecule has 2 N–H and O–H groups in total. The zero-order chi connectivity index (χ0) is 9.97. The highest BCUT2D eigenvalue weighted by Gasteiger charge is 2.14. The number of aromatic nitrogens is 2. The van der Waals surface area contributed by atoms with Crippen LogP contribution >= 0.6 is 11.5 Å². The summed E-state index contributed by atoms with van der Waals surface area (Å²) in [7, 11) is 0. The SMILES string of the molecule is NC(c1csnn1)c1ccccc1F. The topological polar surface area (TPSA) is 51.8 Å². The minimum absolute atomic E-state index is 0.312. The summed E-state index contributed by atoms with van der Waals surface area (Å²) in [5, 5.41) is 5.53. The highest BCUT2D eigenvalue weighted by molar-refractivity contribution is 7.03. The number of nitrogens with zero attached hydrogens (tertiary/aromatic N) is 2. The molecule has 1 aromatic heterocycles. The second-order valence-corrected chi connectivity index (χ2v) is 3.44. The van der Waals surface area contributed by atoms with Crippen LogP contribution in [-0.4, -0.2) is 9.59 Å². The third-order valence-electron chi connectivity index (χ3n) is 1.94. The summed E-state index contributed by atoms with van der Waals surface area (Å²) in [4.78, 5) is 0. The zero-order valence-electron chi connectivity index (χ0n) is 7.22. The normalized spacial score (nSPS) is 12.7. The Balaban J connectivity index is 2.37. The van der Waals surface area contributed by atoms with Crippen molar-refractivity contribution in [2.75, 3.05) is 0 Å². The molecule has 5 heteroatoms. The number of rotatable bonds is 2. The number of nitrogens with two attached hydrogens (primary N) is 1. The summed E-state index contributed by atoms with van der Waals surface area (Å²) >= 11 is 1.20. The quantitative estimate of drug-likeness (QED) is 0.819. The second-order valence-electron chi connectivity index (χ2n) is 2.83. The molecule has 0 bridgehead atoms. The standard InChI is InChI=1S/C9H8FN3S/c10-7-4-2-1-3-6(7)9(11)8-5-14-13-12-8/h1-5,9H,11H2. The molecule has 0 amide bonds.